The largest absolute Gasteiger partial charge is 0.322 e. The fourth-order valence-electron chi connectivity index (χ4n) is 1.58. The zero-order valence-electron chi connectivity index (χ0n) is 10.2. The van der Waals surface area contributed by atoms with Gasteiger partial charge in [0.25, 0.3) is 0 Å². The highest BCUT2D eigenvalue weighted by atomic mass is 79.9. The number of nitrogens with one attached hydrogen (secondary N) is 1. The predicted molar refractivity (Wildman–Crippen MR) is 83.2 cm³/mol. The molecule has 0 heterocycles. The number of carbonyl (C=O) groups is 1. The average molecular weight is 355 g/mol. The quantitative estimate of drug-likeness (QED) is 0.781. The summed E-state index contributed by atoms with van der Waals surface area (Å²) in [4.78, 5) is 11.7. The molecule has 1 amide bonds. The van der Waals surface area contributed by atoms with E-state index in [0.29, 0.717) is 5.69 Å². The molecule has 0 aromatic heterocycles. The van der Waals surface area contributed by atoms with Crippen molar-refractivity contribution in [1.29, 1.82) is 0 Å². The van der Waals surface area contributed by atoms with Gasteiger partial charge in [-0.3, -0.25) is 4.79 Å². The number of rotatable bonds is 3. The molecule has 0 fully saturated rings. The summed E-state index contributed by atoms with van der Waals surface area (Å²) >= 11 is 9.18. The van der Waals surface area contributed by atoms with Gasteiger partial charge in [-0.05, 0) is 36.4 Å². The highest BCUT2D eigenvalue weighted by Gasteiger charge is 2.04. The van der Waals surface area contributed by atoms with Gasteiger partial charge in [0.1, 0.15) is 5.82 Å². The summed E-state index contributed by atoms with van der Waals surface area (Å²) in [6.45, 7) is 0. The Morgan fingerprint density at radius 1 is 1.25 bits per heavy atom. The van der Waals surface area contributed by atoms with Crippen molar-refractivity contribution >= 4 is 45.2 Å². The standard InChI is InChI=1S/C15H10BrClFNO/c16-10-3-1-4-11(9-10)19-15(20)8-7-12-13(17)5-2-6-14(12)18/h1-9H,(H,19,20). The van der Waals surface area contributed by atoms with Gasteiger partial charge in [0, 0.05) is 21.8 Å². The van der Waals surface area contributed by atoms with Crippen LogP contribution in [-0.2, 0) is 4.79 Å². The first-order valence-electron chi connectivity index (χ1n) is 5.75. The van der Waals surface area contributed by atoms with E-state index >= 15 is 0 Å². The third kappa shape index (κ3) is 3.92. The van der Waals surface area contributed by atoms with Crippen LogP contribution in [0.2, 0.25) is 5.02 Å². The Kier molecular flexibility index (Phi) is 4.93. The highest BCUT2D eigenvalue weighted by molar-refractivity contribution is 9.10. The minimum Gasteiger partial charge on any atom is -0.322 e. The van der Waals surface area contributed by atoms with Crippen LogP contribution >= 0.6 is 27.5 Å². The number of anilines is 1. The lowest BCUT2D eigenvalue weighted by Gasteiger charge is -2.03. The number of carbonyl (C=O) groups excluding carboxylic acids is 1. The summed E-state index contributed by atoms with van der Waals surface area (Å²) in [5, 5.41) is 2.93. The topological polar surface area (TPSA) is 29.1 Å². The second kappa shape index (κ2) is 6.68. The van der Waals surface area contributed by atoms with Gasteiger partial charge in [-0.25, -0.2) is 4.39 Å². The molecule has 0 atom stereocenters. The Labute approximate surface area is 129 Å². The van der Waals surface area contributed by atoms with Gasteiger partial charge in [-0.1, -0.05) is 39.7 Å². The minimum atomic E-state index is -0.469. The van der Waals surface area contributed by atoms with Crippen molar-refractivity contribution in [2.75, 3.05) is 5.32 Å². The molecule has 0 aliphatic rings. The summed E-state index contributed by atoms with van der Waals surface area (Å²) in [5.74, 6) is -0.827. The third-order valence-electron chi connectivity index (χ3n) is 2.49. The molecule has 0 aliphatic heterocycles. The molecule has 0 aliphatic carbocycles. The molecule has 0 radical (unpaired) electrons. The molecule has 1 N–H and O–H groups in total. The van der Waals surface area contributed by atoms with Crippen LogP contribution in [0.1, 0.15) is 5.56 Å². The van der Waals surface area contributed by atoms with E-state index in [9.17, 15) is 9.18 Å². The summed E-state index contributed by atoms with van der Waals surface area (Å²) in [6, 6.07) is 11.5. The second-order valence-electron chi connectivity index (χ2n) is 3.97. The first kappa shape index (κ1) is 14.8. The van der Waals surface area contributed by atoms with Gasteiger partial charge in [0.05, 0.1) is 5.02 Å². The predicted octanol–water partition coefficient (Wildman–Crippen LogP) is 4.89. The summed E-state index contributed by atoms with van der Waals surface area (Å²) in [7, 11) is 0. The SMILES string of the molecule is O=C(C=Cc1c(F)cccc1Cl)Nc1cccc(Br)c1. The monoisotopic (exact) mass is 353 g/mol. The van der Waals surface area contributed by atoms with Crippen molar-refractivity contribution in [2.45, 2.75) is 0 Å². The van der Waals surface area contributed by atoms with Crippen molar-refractivity contribution in [2.24, 2.45) is 0 Å². The molecule has 0 saturated carbocycles. The van der Waals surface area contributed by atoms with Gasteiger partial charge in [0.15, 0.2) is 0 Å². The van der Waals surface area contributed by atoms with E-state index in [1.165, 1.54) is 24.3 Å². The minimum absolute atomic E-state index is 0.193. The molecule has 2 nitrogen and oxygen atoms in total. The van der Waals surface area contributed by atoms with Gasteiger partial charge in [0.2, 0.25) is 5.91 Å². The molecular formula is C15H10BrClFNO. The maximum absolute atomic E-state index is 13.5. The van der Waals surface area contributed by atoms with E-state index in [2.05, 4.69) is 21.2 Å². The van der Waals surface area contributed by atoms with Crippen LogP contribution in [0.15, 0.2) is 53.0 Å². The van der Waals surface area contributed by atoms with Crippen molar-refractivity contribution < 1.29 is 9.18 Å². The van der Waals surface area contributed by atoms with E-state index < -0.39 is 5.82 Å². The molecule has 0 bridgehead atoms. The fourth-order valence-corrected chi connectivity index (χ4v) is 2.20. The van der Waals surface area contributed by atoms with E-state index in [1.54, 1.807) is 24.3 Å². The lowest BCUT2D eigenvalue weighted by atomic mass is 10.2. The smallest absolute Gasteiger partial charge is 0.248 e. The van der Waals surface area contributed by atoms with Gasteiger partial charge in [-0.15, -0.1) is 0 Å². The van der Waals surface area contributed by atoms with Crippen molar-refractivity contribution in [3.63, 3.8) is 0 Å². The van der Waals surface area contributed by atoms with Gasteiger partial charge < -0.3 is 5.32 Å². The van der Waals surface area contributed by atoms with E-state index in [-0.39, 0.29) is 16.5 Å². The molecular weight excluding hydrogens is 345 g/mol. The van der Waals surface area contributed by atoms with Crippen molar-refractivity contribution in [1.82, 2.24) is 0 Å². The molecule has 2 aromatic carbocycles. The van der Waals surface area contributed by atoms with Gasteiger partial charge >= 0.3 is 0 Å². The van der Waals surface area contributed by atoms with Crippen molar-refractivity contribution in [3.8, 4) is 0 Å². The molecule has 5 heteroatoms. The summed E-state index contributed by atoms with van der Waals surface area (Å²) in [6.07, 6.45) is 2.59. The lowest BCUT2D eigenvalue weighted by Crippen LogP contribution is -2.07. The zero-order chi connectivity index (χ0) is 14.5. The summed E-state index contributed by atoms with van der Waals surface area (Å²) < 4.78 is 14.4. The van der Waals surface area contributed by atoms with Crippen LogP contribution in [-0.4, -0.2) is 5.91 Å². The first-order chi connectivity index (χ1) is 9.56. The van der Waals surface area contributed by atoms with Crippen LogP contribution in [0.3, 0.4) is 0 Å². The number of halogens is 3. The molecule has 102 valence electrons. The Bertz CT molecular complexity index is 652. The molecule has 0 saturated heterocycles. The van der Waals surface area contributed by atoms with Gasteiger partial charge in [-0.2, -0.15) is 0 Å². The summed E-state index contributed by atoms with van der Waals surface area (Å²) in [5.41, 5.74) is 0.840. The molecule has 2 aromatic rings. The number of hydrogen-bond acceptors (Lipinski definition) is 1. The first-order valence-corrected chi connectivity index (χ1v) is 6.92. The Morgan fingerprint density at radius 2 is 2.00 bits per heavy atom. The number of hydrogen-bond donors (Lipinski definition) is 1. The number of benzene rings is 2. The maximum atomic E-state index is 13.5. The van der Waals surface area contributed by atoms with Crippen LogP contribution < -0.4 is 5.32 Å². The van der Waals surface area contributed by atoms with E-state index in [4.69, 9.17) is 11.6 Å². The molecule has 20 heavy (non-hydrogen) atoms. The van der Waals surface area contributed by atoms with Crippen LogP contribution in [0.25, 0.3) is 6.08 Å². The van der Waals surface area contributed by atoms with E-state index in [1.807, 2.05) is 6.07 Å². The maximum Gasteiger partial charge on any atom is 0.248 e. The third-order valence-corrected chi connectivity index (χ3v) is 3.32. The number of amides is 1. The molecule has 0 unspecified atom stereocenters. The Hall–Kier alpha value is -1.65. The molecule has 2 rings (SSSR count). The van der Waals surface area contributed by atoms with Crippen molar-refractivity contribution in [3.05, 3.63) is 69.4 Å². The highest BCUT2D eigenvalue weighted by Crippen LogP contribution is 2.20. The second-order valence-corrected chi connectivity index (χ2v) is 5.29. The zero-order valence-corrected chi connectivity index (χ0v) is 12.6. The van der Waals surface area contributed by atoms with Crippen LogP contribution in [0.5, 0.6) is 0 Å². The Balaban J connectivity index is 2.10. The normalized spacial score (nSPS) is 10.8. The van der Waals surface area contributed by atoms with E-state index in [0.717, 1.165) is 4.47 Å². The molecule has 0 spiro atoms. The fraction of sp³-hybridized carbons (Fsp3) is 0. The average Bonchev–Trinajstić information content (AvgIpc) is 2.38. The van der Waals surface area contributed by atoms with Crippen LogP contribution in [0.4, 0.5) is 10.1 Å². The Morgan fingerprint density at radius 3 is 2.70 bits per heavy atom. The van der Waals surface area contributed by atoms with Crippen LogP contribution in [0, 0.1) is 5.82 Å². The lowest BCUT2D eigenvalue weighted by molar-refractivity contribution is -0.111.